The minimum absolute atomic E-state index is 0.182. The smallest absolute Gasteiger partial charge is 0.431 e. The van der Waals surface area contributed by atoms with Gasteiger partial charge in [0, 0.05) is 0 Å². The second kappa shape index (κ2) is 9.00. The van der Waals surface area contributed by atoms with E-state index < -0.39 is 54.1 Å². The lowest BCUT2D eigenvalue weighted by molar-refractivity contribution is -0.0846. The maximum absolute atomic E-state index is 13.8. The summed E-state index contributed by atoms with van der Waals surface area (Å²) in [4.78, 5) is 2.09. The van der Waals surface area contributed by atoms with Crippen LogP contribution < -0.4 is 14.8 Å². The summed E-state index contributed by atoms with van der Waals surface area (Å²) in [6, 6.07) is 6.24. The Kier molecular flexibility index (Phi) is 6.79. The number of hydrogen-bond acceptors (Lipinski definition) is 7. The zero-order valence-corrected chi connectivity index (χ0v) is 20.0. The molecule has 0 aliphatic carbocycles. The molecule has 34 heavy (non-hydrogen) atoms. The number of nitrogens with one attached hydrogen (secondary N) is 3. The fraction of sp³-hybridized carbons (Fsp3) is 0.300. The highest BCUT2D eigenvalue weighted by Gasteiger charge is 2.51. The van der Waals surface area contributed by atoms with Gasteiger partial charge >= 0.3 is 6.18 Å². The number of phenolic OH excluding ortho intramolecular Hbond substituents is 1. The highest BCUT2D eigenvalue weighted by Crippen LogP contribution is 2.39. The Bertz CT molecular complexity index is 1380. The number of aryl methyl sites for hydroxylation is 1. The number of rotatable bonds is 7. The third-order valence-corrected chi connectivity index (χ3v) is 8.06. The number of furan rings is 1. The summed E-state index contributed by atoms with van der Waals surface area (Å²) in [7, 11) is -6.87. The first-order valence-electron chi connectivity index (χ1n) is 9.84. The Morgan fingerprint density at radius 1 is 1.29 bits per heavy atom. The van der Waals surface area contributed by atoms with Gasteiger partial charge in [-0.25, -0.2) is 17.3 Å². The lowest BCUT2D eigenvalue weighted by Crippen LogP contribution is -2.28. The molecule has 4 N–H and O–H groups in total. The van der Waals surface area contributed by atoms with Crippen molar-refractivity contribution in [2.75, 3.05) is 12.4 Å². The summed E-state index contributed by atoms with van der Waals surface area (Å²) < 4.78 is 88.7. The number of phenols is 1. The van der Waals surface area contributed by atoms with Crippen molar-refractivity contribution >= 4 is 37.1 Å². The molecule has 1 unspecified atom stereocenters. The molecule has 1 aliphatic rings. The van der Waals surface area contributed by atoms with Crippen LogP contribution in [0.1, 0.15) is 30.9 Å². The summed E-state index contributed by atoms with van der Waals surface area (Å²) >= 11 is 0. The molecule has 2 atom stereocenters. The average Bonchev–Trinajstić information content (AvgIpc) is 3.27. The number of aliphatic imine (C=N–C) groups is 1. The number of allylic oxidation sites excluding steroid dienone is 1. The first-order valence-corrected chi connectivity index (χ1v) is 13.1. The van der Waals surface area contributed by atoms with Crippen molar-refractivity contribution < 1.29 is 35.3 Å². The number of halogens is 3. The van der Waals surface area contributed by atoms with Crippen molar-refractivity contribution in [3.63, 3.8) is 0 Å². The summed E-state index contributed by atoms with van der Waals surface area (Å²) in [6.45, 7) is 3.38. The van der Waals surface area contributed by atoms with Crippen molar-refractivity contribution in [3.8, 4) is 5.75 Å². The third kappa shape index (κ3) is 4.93. The van der Waals surface area contributed by atoms with Crippen LogP contribution in [0.5, 0.6) is 5.75 Å². The second-order valence-corrected chi connectivity index (χ2v) is 11.1. The maximum Gasteiger partial charge on any atom is 0.431 e. The van der Waals surface area contributed by atoms with E-state index in [0.717, 1.165) is 0 Å². The highest BCUT2D eigenvalue weighted by molar-refractivity contribution is 7.98. The highest BCUT2D eigenvalue weighted by atomic mass is 32.2. The number of nitrogens with zero attached hydrogens (tertiary/aromatic N) is 1. The number of benzene rings is 1. The van der Waals surface area contributed by atoms with Crippen LogP contribution in [0.15, 0.2) is 55.2 Å². The Morgan fingerprint density at radius 3 is 2.50 bits per heavy atom. The summed E-state index contributed by atoms with van der Waals surface area (Å²) in [5, 5.41) is 12.9. The van der Waals surface area contributed by atoms with E-state index in [4.69, 9.17) is 4.42 Å². The monoisotopic (exact) mass is 520 g/mol. The lowest BCUT2D eigenvalue weighted by Gasteiger charge is -2.16. The topological polar surface area (TPSA) is 133 Å². The van der Waals surface area contributed by atoms with E-state index in [-0.39, 0.29) is 10.6 Å². The molecule has 0 saturated carbocycles. The van der Waals surface area contributed by atoms with Gasteiger partial charge < -0.3 is 14.8 Å². The van der Waals surface area contributed by atoms with E-state index in [1.807, 2.05) is 4.72 Å². The molecule has 14 heteroatoms. The normalized spacial score (nSPS) is 19.6. The molecular weight excluding hydrogens is 497 g/mol. The SMILES string of the molecule is C=S(=O)(NC)c1cccc(NC2=C(C(F)(F)F)S(=O)(=O)NC2=N[C@H](CC)c2ccc(C)o2)c1O. The van der Waals surface area contributed by atoms with Crippen LogP contribution in [-0.2, 0) is 19.7 Å². The van der Waals surface area contributed by atoms with E-state index >= 15 is 0 Å². The predicted octanol–water partition coefficient (Wildman–Crippen LogP) is 3.17. The molecule has 0 bridgehead atoms. The Labute approximate surface area is 195 Å². The Hall–Kier alpha value is -2.97. The lowest BCUT2D eigenvalue weighted by atomic mass is 10.2. The largest absolute Gasteiger partial charge is 0.505 e. The van der Waals surface area contributed by atoms with Gasteiger partial charge in [0.15, 0.2) is 16.5 Å². The molecule has 0 amide bonds. The predicted molar refractivity (Wildman–Crippen MR) is 123 cm³/mol. The maximum atomic E-state index is 13.8. The molecule has 9 nitrogen and oxygen atoms in total. The first kappa shape index (κ1) is 25.6. The van der Waals surface area contributed by atoms with Gasteiger partial charge in [0.2, 0.25) is 0 Å². The summed E-state index contributed by atoms with van der Waals surface area (Å²) in [6.07, 6.45) is -4.99. The van der Waals surface area contributed by atoms with Gasteiger partial charge in [0.25, 0.3) is 10.0 Å². The fourth-order valence-corrected chi connectivity index (χ4v) is 5.42. The van der Waals surface area contributed by atoms with Crippen LogP contribution in [0.25, 0.3) is 0 Å². The molecule has 186 valence electrons. The van der Waals surface area contributed by atoms with Gasteiger partial charge in [-0.15, -0.1) is 0 Å². The van der Waals surface area contributed by atoms with Crippen LogP contribution >= 0.6 is 0 Å². The van der Waals surface area contributed by atoms with Crippen molar-refractivity contribution in [1.82, 2.24) is 9.44 Å². The second-order valence-electron chi connectivity index (χ2n) is 7.31. The molecule has 0 spiro atoms. The average molecular weight is 521 g/mol. The quantitative estimate of drug-likeness (QED) is 0.327. The first-order chi connectivity index (χ1) is 15.7. The Morgan fingerprint density at radius 2 is 1.97 bits per heavy atom. The zero-order chi connectivity index (χ0) is 25.5. The summed E-state index contributed by atoms with van der Waals surface area (Å²) in [5.41, 5.74) is -1.24. The molecule has 1 aromatic carbocycles. The van der Waals surface area contributed by atoms with E-state index in [2.05, 4.69) is 20.9 Å². The molecule has 3 rings (SSSR count). The summed E-state index contributed by atoms with van der Waals surface area (Å²) in [5.74, 6) is 3.08. The van der Waals surface area contributed by atoms with Crippen LogP contribution in [0, 0.1) is 6.92 Å². The standard InChI is InChI=1S/C20H23F3N4O5S2/c1-5-12(14-10-9-11(2)32-14)26-19-16(18(20(21,22)23)34(30,31)27-19)25-13-7-6-8-15(17(13)28)33(4,29)24-3/h6-10,12,25,28H,4-5H2,1-3H3,(H,24,29)(H,26,27)/t12-,33?/m1/s1. The molecular formula is C20H23F3N4O5S2. The van der Waals surface area contributed by atoms with Gasteiger partial charge in [-0.3, -0.25) is 9.71 Å². The molecule has 0 saturated heterocycles. The van der Waals surface area contributed by atoms with Gasteiger partial charge in [-0.1, -0.05) is 13.0 Å². The molecule has 2 aromatic rings. The molecule has 0 fully saturated rings. The van der Waals surface area contributed by atoms with Gasteiger partial charge in [0.05, 0.1) is 20.3 Å². The number of alkyl halides is 3. The van der Waals surface area contributed by atoms with Gasteiger partial charge in [-0.2, -0.15) is 13.2 Å². The fourth-order valence-electron chi connectivity index (χ4n) is 3.25. The van der Waals surface area contributed by atoms with Gasteiger partial charge in [0.1, 0.15) is 23.3 Å². The minimum atomic E-state index is -5.29. The van der Waals surface area contributed by atoms with Crippen LogP contribution in [-0.4, -0.2) is 42.7 Å². The number of sulfonamides is 1. The van der Waals surface area contributed by atoms with Crippen LogP contribution in [0.3, 0.4) is 0 Å². The van der Waals surface area contributed by atoms with Crippen molar-refractivity contribution in [2.45, 2.75) is 37.4 Å². The molecule has 2 heterocycles. The van der Waals surface area contributed by atoms with Crippen molar-refractivity contribution in [2.24, 2.45) is 4.99 Å². The molecule has 1 aromatic heterocycles. The zero-order valence-electron chi connectivity index (χ0n) is 18.4. The minimum Gasteiger partial charge on any atom is -0.505 e. The van der Waals surface area contributed by atoms with E-state index in [1.54, 1.807) is 26.0 Å². The van der Waals surface area contributed by atoms with Crippen molar-refractivity contribution in [1.29, 1.82) is 0 Å². The number of aromatic hydroxyl groups is 1. The number of anilines is 1. The number of hydrogen-bond donors (Lipinski definition) is 4. The van der Waals surface area contributed by atoms with Crippen LogP contribution in [0.2, 0.25) is 0 Å². The third-order valence-electron chi connectivity index (χ3n) is 4.93. The Balaban J connectivity index is 2.20. The number of para-hydroxylation sites is 1. The molecule has 0 radical (unpaired) electrons. The number of amidine groups is 1. The van der Waals surface area contributed by atoms with E-state index in [1.165, 1.54) is 25.2 Å². The molecule has 1 aliphatic heterocycles. The van der Waals surface area contributed by atoms with Crippen molar-refractivity contribution in [3.05, 3.63) is 52.5 Å². The van der Waals surface area contributed by atoms with E-state index in [9.17, 15) is 30.9 Å². The van der Waals surface area contributed by atoms with E-state index in [0.29, 0.717) is 17.9 Å². The van der Waals surface area contributed by atoms with Gasteiger partial charge in [-0.05, 0) is 50.5 Å². The van der Waals surface area contributed by atoms with Crippen LogP contribution in [0.4, 0.5) is 18.9 Å².